The Morgan fingerprint density at radius 2 is 0.329 bits per heavy atom. The molecule has 0 amide bonds. The summed E-state index contributed by atoms with van der Waals surface area (Å²) in [5.74, 6) is 0. The third-order valence-corrected chi connectivity index (χ3v) is 141. The molecule has 0 aromatic heterocycles. The largest absolute Gasteiger partial charge is 0.345 e. The molecule has 0 radical (unpaired) electrons. The lowest BCUT2D eigenvalue weighted by Gasteiger charge is -2.56. The molecule has 5 heterocycles. The average molecular weight is 2350 g/mol. The Morgan fingerprint density at radius 3 is 0.463 bits per heavy atom. The van der Waals surface area contributed by atoms with E-state index in [0.29, 0.717) is 0 Å². The van der Waals surface area contributed by atoms with E-state index < -0.39 is 171 Å². The van der Waals surface area contributed by atoms with E-state index in [1.807, 2.05) is 0 Å². The van der Waals surface area contributed by atoms with Gasteiger partial charge in [0, 0.05) is 0 Å². The molecule has 0 atom stereocenters. The molecule has 15 N–H and O–H groups in total. The highest BCUT2D eigenvalue weighted by Gasteiger charge is 2.63. The minimum absolute atomic E-state index is 0.905. The summed E-state index contributed by atoms with van der Waals surface area (Å²) in [4.78, 5) is 0. The Kier molecular flexibility index (Phi) is 47.6. The molecule has 816 valence electrons. The van der Waals surface area contributed by atoms with E-state index >= 15 is 0 Å². The van der Waals surface area contributed by atoms with Gasteiger partial charge in [0.25, 0.3) is 25.2 Å². The molecule has 0 bridgehead atoms. The van der Waals surface area contributed by atoms with Gasteiger partial charge in [0.2, 0.25) is 8.24 Å². The number of benzene rings is 10. The van der Waals surface area contributed by atoms with Crippen LogP contribution in [0.1, 0.15) is 125 Å². The van der Waals surface area contributed by atoms with Crippen LogP contribution >= 0.6 is 0 Å². The maximum absolute atomic E-state index is 4.53. The number of rotatable bonds is 30. The minimum Gasteiger partial charge on any atom is -0.345 e. The second-order valence-corrected chi connectivity index (χ2v) is 129. The standard InChI is InChI=1S/C36H33N3Si3.C26H27NSi2.C16H44N4Si4.C12H36N4Si4.C12H33N3Si3.C8H28N4Si4/c1-7-19-31(20-8-1)40(32-21-9-2-10-22-32)37-41(33-23-11-3-12-24-33,34-25-13-4-14-26-34)39-42(38-40,35-27-15-5-16-28-35)36-29-17-6-18-30-36;1-28(2,23-15-7-3-8-16-23)27-29(24-17-9-4-10-18-24,25-19-11-5-12-20-25)26-21-13-6-14-22-26;1-9-21(10-2)17-22(11-3,12-4)19-24(15-7,16-8)20-23(13-5,14-6)18-21;1-9-17-13(5)18(10-2)15(7)20(12-4)16(8)19(11-3)14(17)6;1-7-16(8-2)13-17(9-3,10-4)15-18(11-5,12-6)14-16;1-13(2)9-14(3,4)11-16(7,8)12-15(5,6)10-13/h1-30,37-39H;3-22,27H,1-2H3;17-20H,9-16H2,1-8H3;17-20H,9-12H2,1-8H3;13-15H,7-12H2,1-6H3;9-12H,1-8H3. The van der Waals surface area contributed by atoms with Crippen molar-refractivity contribution < 1.29 is 0 Å². The van der Waals surface area contributed by atoms with E-state index in [1.165, 1.54) is 161 Å². The van der Waals surface area contributed by atoms with Crippen LogP contribution in [0, 0.1) is 0 Å². The number of nitrogens with zero attached hydrogens (tertiary/aromatic N) is 4. The molecule has 15 rings (SSSR count). The molecule has 0 unspecified atom stereocenters. The van der Waals surface area contributed by atoms with Crippen molar-refractivity contribution in [3.63, 3.8) is 0 Å². The molecule has 0 spiro atoms. The zero-order valence-electron chi connectivity index (χ0n) is 98.2. The van der Waals surface area contributed by atoms with Crippen molar-refractivity contribution in [3.8, 4) is 0 Å². The zero-order valence-corrected chi connectivity index (χ0v) is 119. The van der Waals surface area contributed by atoms with Crippen LogP contribution in [0.15, 0.2) is 303 Å². The Bertz CT molecular complexity index is 4810. The third kappa shape index (κ3) is 30.5. The molecule has 0 aliphatic carbocycles. The predicted molar refractivity (Wildman–Crippen MR) is 707 cm³/mol. The van der Waals surface area contributed by atoms with Gasteiger partial charge in [0.1, 0.15) is 8.24 Å². The summed E-state index contributed by atoms with van der Waals surface area (Å²) >= 11 is 0. The van der Waals surface area contributed by atoms with E-state index in [-0.39, 0.29) is 0 Å². The highest BCUT2D eigenvalue weighted by atomic mass is 28.5. The van der Waals surface area contributed by atoms with E-state index in [4.69, 9.17) is 0 Å². The van der Waals surface area contributed by atoms with Gasteiger partial charge < -0.3 is 86.6 Å². The highest BCUT2D eigenvalue weighted by Crippen LogP contribution is 2.32. The fourth-order valence-corrected chi connectivity index (χ4v) is 165. The maximum atomic E-state index is 4.53. The zero-order chi connectivity index (χ0) is 109. The van der Waals surface area contributed by atoms with Crippen LogP contribution in [0.3, 0.4) is 0 Å². The van der Waals surface area contributed by atoms with E-state index in [9.17, 15) is 0 Å². The molecular weight excluding hydrogens is 2150 g/mol. The van der Waals surface area contributed by atoms with Gasteiger partial charge in [-0.1, -0.05) is 441 Å². The normalized spacial score (nSPS) is 22.3. The van der Waals surface area contributed by atoms with Gasteiger partial charge in [-0.05, 0) is 241 Å². The Labute approximate surface area is 931 Å². The van der Waals surface area contributed by atoms with Crippen LogP contribution in [0.5, 0.6) is 0 Å². The first kappa shape index (κ1) is 127. The van der Waals surface area contributed by atoms with Crippen molar-refractivity contribution >= 4 is 222 Å². The van der Waals surface area contributed by atoms with E-state index in [2.05, 4.69) is 608 Å². The van der Waals surface area contributed by atoms with Crippen molar-refractivity contribution in [1.82, 2.24) is 86.6 Å². The molecule has 10 aromatic carbocycles. The van der Waals surface area contributed by atoms with E-state index in [0.717, 1.165) is 0 Å². The molecule has 149 heavy (non-hydrogen) atoms. The number of hydrogen-bond donors (Lipinski definition) is 15. The van der Waals surface area contributed by atoms with Gasteiger partial charge in [0.05, 0.1) is 0 Å². The molecule has 5 aliphatic rings. The molecule has 5 fully saturated rings. The molecule has 0 saturated carbocycles. The first-order chi connectivity index (χ1) is 70.9. The fourth-order valence-electron chi connectivity index (χ4n) is 25.8. The van der Waals surface area contributed by atoms with Crippen LogP contribution < -0.4 is 122 Å². The second kappa shape index (κ2) is 56.0. The lowest BCUT2D eigenvalue weighted by molar-refractivity contribution is 0.527. The summed E-state index contributed by atoms with van der Waals surface area (Å²) in [6, 6.07) is 135. The highest BCUT2D eigenvalue weighted by molar-refractivity contribution is 7.26. The van der Waals surface area contributed by atoms with Crippen LogP contribution in [0.4, 0.5) is 0 Å². The summed E-state index contributed by atoms with van der Waals surface area (Å²) < 4.78 is 75.6. The molecular formula is C110H201N19Si20. The van der Waals surface area contributed by atoms with Crippen molar-refractivity contribution in [2.24, 2.45) is 0 Å². The van der Waals surface area contributed by atoms with Crippen LogP contribution in [-0.2, 0) is 0 Å². The van der Waals surface area contributed by atoms with Crippen molar-refractivity contribution in [3.05, 3.63) is 303 Å². The minimum atomic E-state index is -2.88. The molecule has 5 saturated heterocycles. The predicted octanol–water partition coefficient (Wildman–Crippen LogP) is 15.2. The first-order valence-electron chi connectivity index (χ1n) is 57.3. The van der Waals surface area contributed by atoms with Crippen molar-refractivity contribution in [2.75, 3.05) is 28.2 Å². The SMILES string of the molecule is CC[SiH]1N(C)[SiH](CC)N(C)[SiH](CC)N(C)[SiH](CC)N1C.CC[Si]1(CC)N[Si](CC)(CC)N[Si](CC)(CC)N1.CC[Si]1(CC)N[Si](CC)(CC)N[Si](CC)(CC)N[Si](CC)(CC)N1.C[Si](C)(N[Si](c1ccccc1)(c1ccccc1)c1ccccc1)c1ccccc1.C[Si]1(C)N[Si](C)(C)N[Si](C)(C)N[Si](C)(C)N1.c1ccc([Si]2(c3ccccc3)N[Si](c3ccccc3)(c3ccccc3)N[Si](c3ccccc3)(c3ccccc3)N2)cc1. The first-order valence-corrected chi connectivity index (χ1v) is 105. The lowest BCUT2D eigenvalue weighted by atomic mass is 10.3. The van der Waals surface area contributed by atoms with Gasteiger partial charge in [-0.3, -0.25) is 0 Å². The molecule has 39 heteroatoms. The Hall–Kier alpha value is -4.22. The smallest absolute Gasteiger partial charge is 0.257 e. The number of nitrogens with one attached hydrogen (secondary N) is 15. The summed E-state index contributed by atoms with van der Waals surface area (Å²) in [5.41, 5.74) is 0. The van der Waals surface area contributed by atoms with Gasteiger partial charge in [-0.2, -0.15) is 0 Å². The molecule has 19 nitrogen and oxygen atoms in total. The Balaban J connectivity index is 0.000000190. The summed E-state index contributed by atoms with van der Waals surface area (Å²) in [5, 5.41) is 13.6. The van der Waals surface area contributed by atoms with Gasteiger partial charge in [-0.25, -0.2) is 0 Å². The third-order valence-electron chi connectivity index (χ3n) is 33.5. The van der Waals surface area contributed by atoms with Crippen LogP contribution in [0.2, 0.25) is 174 Å². The summed E-state index contributed by atoms with van der Waals surface area (Å²) in [6.45, 7) is 67.1. The average Bonchev–Trinajstić information content (AvgIpc) is 0.691. The van der Waals surface area contributed by atoms with Crippen LogP contribution in [0.25, 0.3) is 0 Å². The maximum Gasteiger partial charge on any atom is 0.257 e. The van der Waals surface area contributed by atoms with Gasteiger partial charge >= 0.3 is 0 Å². The quantitative estimate of drug-likeness (QED) is 0.0150. The second-order valence-electron chi connectivity index (χ2n) is 45.4. The summed E-state index contributed by atoms with van der Waals surface area (Å²) in [6.07, 6.45) is 0. The summed E-state index contributed by atoms with van der Waals surface area (Å²) in [7, 11) is -23.5. The monoisotopic (exact) mass is 2350 g/mol. The number of hydrogen-bond acceptors (Lipinski definition) is 19. The van der Waals surface area contributed by atoms with Gasteiger partial charge in [0.15, 0.2) is 129 Å². The Morgan fingerprint density at radius 1 is 0.195 bits per heavy atom. The van der Waals surface area contributed by atoms with Crippen molar-refractivity contribution in [2.45, 2.75) is 299 Å². The topological polar surface area (TPSA) is 193 Å². The van der Waals surface area contributed by atoms with Crippen LogP contribution in [-0.4, -0.2) is 216 Å². The van der Waals surface area contributed by atoms with E-state index in [1.54, 1.807) is 0 Å². The lowest BCUT2D eigenvalue weighted by Crippen LogP contribution is -3.05. The van der Waals surface area contributed by atoms with Gasteiger partial charge in [-0.15, -0.1) is 0 Å². The molecule has 5 aliphatic heterocycles. The molecule has 10 aromatic rings. The fraction of sp³-hybridized carbons (Fsp3) is 0.455. The van der Waals surface area contributed by atoms with Crippen molar-refractivity contribution in [1.29, 1.82) is 0 Å².